The quantitative estimate of drug-likeness (QED) is 0.786. The first-order valence-electron chi connectivity index (χ1n) is 6.16. The van der Waals surface area contributed by atoms with E-state index in [4.69, 9.17) is 0 Å². The Morgan fingerprint density at radius 2 is 2.05 bits per heavy atom. The molecule has 0 aliphatic carbocycles. The maximum absolute atomic E-state index is 14.0. The Balaban J connectivity index is 2.67. The number of halogens is 4. The molecule has 1 atom stereocenters. The molecule has 1 aliphatic rings. The Hall–Kier alpha value is -0.890. The molecule has 1 aliphatic heterocycles. The molecule has 1 heterocycles. The maximum Gasteiger partial charge on any atom is 0.267 e. The fraction of sp³-hybridized carbons (Fsp3) is 0.462. The van der Waals surface area contributed by atoms with Crippen LogP contribution >= 0.6 is 15.9 Å². The number of nitrogens with zero attached hydrogens (tertiary/aromatic N) is 1. The van der Waals surface area contributed by atoms with Gasteiger partial charge in [0.05, 0.1) is 11.5 Å². The van der Waals surface area contributed by atoms with Crippen LogP contribution in [-0.4, -0.2) is 32.1 Å². The Morgan fingerprint density at radius 1 is 1.38 bits per heavy atom. The summed E-state index contributed by atoms with van der Waals surface area (Å²) < 4.78 is 65.3. The van der Waals surface area contributed by atoms with Crippen LogP contribution in [0.5, 0.6) is 0 Å². The molecule has 0 spiro atoms. The third-order valence-electron chi connectivity index (χ3n) is 3.37. The average Bonchev–Trinajstić information content (AvgIpc) is 2.48. The lowest BCUT2D eigenvalue weighted by atomic mass is 9.87. The van der Waals surface area contributed by atoms with E-state index in [0.717, 1.165) is 6.07 Å². The van der Waals surface area contributed by atoms with Gasteiger partial charge in [0.25, 0.3) is 6.43 Å². The first-order valence-corrected chi connectivity index (χ1v) is 8.77. The lowest BCUT2D eigenvalue weighted by Gasteiger charge is -2.29. The van der Waals surface area contributed by atoms with E-state index < -0.39 is 39.8 Å². The van der Waals surface area contributed by atoms with Crippen molar-refractivity contribution in [3.05, 3.63) is 34.1 Å². The van der Waals surface area contributed by atoms with Gasteiger partial charge in [0.1, 0.15) is 11.4 Å². The van der Waals surface area contributed by atoms with Crippen LogP contribution in [-0.2, 0) is 15.4 Å². The van der Waals surface area contributed by atoms with Gasteiger partial charge in [-0.25, -0.2) is 21.6 Å². The molecule has 0 saturated carbocycles. The van der Waals surface area contributed by atoms with Crippen LogP contribution in [0.3, 0.4) is 0 Å². The smallest absolute Gasteiger partial charge is 0.267 e. The second-order valence-electron chi connectivity index (χ2n) is 5.04. The van der Waals surface area contributed by atoms with E-state index in [0.29, 0.717) is 4.47 Å². The highest BCUT2D eigenvalue weighted by atomic mass is 79.9. The standard InChI is InChI=1S/C13H13BrF3NO2S/c1-8-7-21(19,20)5-4-13(18-8,12(16)17)10-6-9(14)2-3-11(10)15/h2-3,6,12H,4-5,7H2,1H3/t13-/m0/s1. The molecule has 2 rings (SSSR count). The van der Waals surface area contributed by atoms with Gasteiger partial charge in [0.15, 0.2) is 9.84 Å². The zero-order valence-corrected chi connectivity index (χ0v) is 13.5. The number of aliphatic imine (C=N–C) groups is 1. The van der Waals surface area contributed by atoms with Crippen molar-refractivity contribution in [1.82, 2.24) is 0 Å². The van der Waals surface area contributed by atoms with Crippen molar-refractivity contribution in [2.24, 2.45) is 4.99 Å². The molecule has 1 aromatic carbocycles. The molecular formula is C13H13BrF3NO2S. The van der Waals surface area contributed by atoms with Gasteiger partial charge in [-0.15, -0.1) is 0 Å². The number of benzene rings is 1. The minimum atomic E-state index is -3.50. The van der Waals surface area contributed by atoms with Crippen LogP contribution in [0.1, 0.15) is 18.9 Å². The van der Waals surface area contributed by atoms with Gasteiger partial charge in [-0.05, 0) is 31.5 Å². The highest BCUT2D eigenvalue weighted by Crippen LogP contribution is 2.40. The highest BCUT2D eigenvalue weighted by molar-refractivity contribution is 9.10. The Kier molecular flexibility index (Phi) is 4.49. The molecule has 0 amide bonds. The van der Waals surface area contributed by atoms with Gasteiger partial charge in [-0.2, -0.15) is 0 Å². The van der Waals surface area contributed by atoms with Crippen LogP contribution in [0, 0.1) is 5.82 Å². The van der Waals surface area contributed by atoms with Gasteiger partial charge < -0.3 is 0 Å². The third-order valence-corrected chi connectivity index (χ3v) is 5.55. The predicted molar refractivity (Wildman–Crippen MR) is 78.2 cm³/mol. The molecule has 0 saturated heterocycles. The maximum atomic E-state index is 14.0. The summed E-state index contributed by atoms with van der Waals surface area (Å²) in [5.74, 6) is -1.66. The second-order valence-corrected chi connectivity index (χ2v) is 8.14. The Morgan fingerprint density at radius 3 is 2.67 bits per heavy atom. The number of hydrogen-bond donors (Lipinski definition) is 0. The van der Waals surface area contributed by atoms with Gasteiger partial charge in [-0.1, -0.05) is 15.9 Å². The first kappa shape index (κ1) is 16.5. The first-order chi connectivity index (χ1) is 9.66. The lowest BCUT2D eigenvalue weighted by Crippen LogP contribution is -2.35. The van der Waals surface area contributed by atoms with Crippen molar-refractivity contribution in [2.45, 2.75) is 25.3 Å². The summed E-state index contributed by atoms with van der Waals surface area (Å²) in [6, 6.07) is 3.69. The van der Waals surface area contributed by atoms with Crippen LogP contribution in [0.4, 0.5) is 13.2 Å². The van der Waals surface area contributed by atoms with E-state index in [9.17, 15) is 21.6 Å². The number of alkyl halides is 2. The minimum Gasteiger partial charge on any atom is -0.276 e. The summed E-state index contributed by atoms with van der Waals surface area (Å²) in [7, 11) is -3.50. The number of rotatable bonds is 2. The largest absolute Gasteiger partial charge is 0.276 e. The molecular weight excluding hydrogens is 371 g/mol. The van der Waals surface area contributed by atoms with E-state index in [-0.39, 0.29) is 17.0 Å². The van der Waals surface area contributed by atoms with Crippen LogP contribution in [0.15, 0.2) is 27.7 Å². The van der Waals surface area contributed by atoms with Crippen molar-refractivity contribution in [1.29, 1.82) is 0 Å². The summed E-state index contributed by atoms with van der Waals surface area (Å²) in [5, 5.41) is 0. The van der Waals surface area contributed by atoms with E-state index in [1.165, 1.54) is 19.1 Å². The monoisotopic (exact) mass is 383 g/mol. The Bertz CT molecular complexity index is 691. The molecule has 21 heavy (non-hydrogen) atoms. The molecule has 3 nitrogen and oxygen atoms in total. The molecule has 0 aromatic heterocycles. The summed E-state index contributed by atoms with van der Waals surface area (Å²) in [4.78, 5) is 3.90. The van der Waals surface area contributed by atoms with E-state index in [1.54, 1.807) is 0 Å². The molecule has 8 heteroatoms. The zero-order valence-electron chi connectivity index (χ0n) is 11.1. The predicted octanol–water partition coefficient (Wildman–Crippen LogP) is 3.33. The number of hydrogen-bond acceptors (Lipinski definition) is 3. The van der Waals surface area contributed by atoms with E-state index in [1.807, 2.05) is 0 Å². The fourth-order valence-electron chi connectivity index (χ4n) is 2.43. The zero-order chi connectivity index (χ0) is 15.8. The topological polar surface area (TPSA) is 46.5 Å². The van der Waals surface area contributed by atoms with Gasteiger partial charge in [0, 0.05) is 15.7 Å². The summed E-state index contributed by atoms with van der Waals surface area (Å²) >= 11 is 3.12. The van der Waals surface area contributed by atoms with Crippen molar-refractivity contribution in [3.8, 4) is 0 Å². The van der Waals surface area contributed by atoms with Crippen LogP contribution in [0.25, 0.3) is 0 Å². The molecule has 116 valence electrons. The third kappa shape index (κ3) is 3.31. The van der Waals surface area contributed by atoms with Crippen molar-refractivity contribution in [3.63, 3.8) is 0 Å². The SMILES string of the molecule is CC1=N[C@@](c2cc(Br)ccc2F)(C(F)F)CCS(=O)(=O)C1. The Labute approximate surface area is 129 Å². The van der Waals surface area contributed by atoms with Crippen molar-refractivity contribution in [2.75, 3.05) is 11.5 Å². The van der Waals surface area contributed by atoms with E-state index >= 15 is 0 Å². The molecule has 0 bridgehead atoms. The number of sulfone groups is 1. The van der Waals surface area contributed by atoms with Crippen LogP contribution in [0.2, 0.25) is 0 Å². The molecule has 1 aromatic rings. The van der Waals surface area contributed by atoms with Gasteiger partial charge in [0.2, 0.25) is 0 Å². The average molecular weight is 384 g/mol. The van der Waals surface area contributed by atoms with Crippen molar-refractivity contribution >= 4 is 31.5 Å². The van der Waals surface area contributed by atoms with Crippen LogP contribution < -0.4 is 0 Å². The molecule has 0 radical (unpaired) electrons. The van der Waals surface area contributed by atoms with E-state index in [2.05, 4.69) is 20.9 Å². The minimum absolute atomic E-state index is 0.0622. The lowest BCUT2D eigenvalue weighted by molar-refractivity contribution is 0.0496. The normalized spacial score (nSPS) is 25.5. The van der Waals surface area contributed by atoms with Crippen molar-refractivity contribution < 1.29 is 21.6 Å². The second kappa shape index (κ2) is 5.72. The molecule has 0 unspecified atom stereocenters. The molecule has 0 N–H and O–H groups in total. The summed E-state index contributed by atoms with van der Waals surface area (Å²) in [6.07, 6.45) is -3.46. The summed E-state index contributed by atoms with van der Waals surface area (Å²) in [5.41, 5.74) is -2.39. The fourth-order valence-corrected chi connectivity index (χ4v) is 4.26. The van der Waals surface area contributed by atoms with Gasteiger partial charge in [-0.3, -0.25) is 4.99 Å². The summed E-state index contributed by atoms with van der Waals surface area (Å²) in [6.45, 7) is 1.37. The molecule has 0 fully saturated rings. The van der Waals surface area contributed by atoms with Gasteiger partial charge >= 0.3 is 0 Å². The highest BCUT2D eigenvalue weighted by Gasteiger charge is 2.46.